The van der Waals surface area contributed by atoms with E-state index in [0.717, 1.165) is 6.07 Å². The van der Waals surface area contributed by atoms with Gasteiger partial charge >= 0.3 is 6.18 Å². The Labute approximate surface area is 128 Å². The van der Waals surface area contributed by atoms with Crippen molar-refractivity contribution in [1.82, 2.24) is 4.90 Å². The number of alkyl halides is 3. The normalized spacial score (nSPS) is 12.3. The predicted molar refractivity (Wildman–Crippen MR) is 72.1 cm³/mol. The van der Waals surface area contributed by atoms with E-state index in [1.165, 1.54) is 19.1 Å². The number of amides is 1. The summed E-state index contributed by atoms with van der Waals surface area (Å²) < 4.78 is 60.1. The largest absolute Gasteiger partial charge is 0.406 e. The van der Waals surface area contributed by atoms with Gasteiger partial charge in [-0.3, -0.25) is 4.79 Å². The molecule has 0 spiro atoms. The Morgan fingerprint density at radius 2 is 1.90 bits per heavy atom. The molecule has 0 fully saturated rings. The van der Waals surface area contributed by atoms with E-state index in [9.17, 15) is 26.4 Å². The van der Waals surface area contributed by atoms with Gasteiger partial charge < -0.3 is 4.90 Å². The van der Waals surface area contributed by atoms with Gasteiger partial charge in [0.15, 0.2) is 0 Å². The highest BCUT2D eigenvalue weighted by atomic mass is 35.7. The van der Waals surface area contributed by atoms with E-state index in [0.29, 0.717) is 4.90 Å². The first kappa shape index (κ1) is 18.1. The van der Waals surface area contributed by atoms with Crippen LogP contribution in [0, 0.1) is 0 Å². The van der Waals surface area contributed by atoms with E-state index in [1.807, 2.05) is 0 Å². The van der Waals surface area contributed by atoms with Gasteiger partial charge in [-0.25, -0.2) is 8.42 Å². The molecule has 0 heterocycles. The molecular weight excluding hydrogens is 354 g/mol. The second-order valence-electron chi connectivity index (χ2n) is 3.99. The molecule has 1 aromatic rings. The summed E-state index contributed by atoms with van der Waals surface area (Å²) in [5.41, 5.74) is -0.569. The summed E-state index contributed by atoms with van der Waals surface area (Å²) in [6, 6.07) is 3.43. The van der Waals surface area contributed by atoms with Gasteiger partial charge in [-0.05, 0) is 19.1 Å². The summed E-state index contributed by atoms with van der Waals surface area (Å²) in [5.74, 6) is -1.15. The molecule has 0 radical (unpaired) electrons. The number of nitrogens with zero attached hydrogens (tertiary/aromatic N) is 1. The fourth-order valence-corrected chi connectivity index (χ4v) is 3.00. The third-order valence-electron chi connectivity index (χ3n) is 2.49. The number of benzene rings is 1. The molecule has 0 atom stereocenters. The summed E-state index contributed by atoms with van der Waals surface area (Å²) >= 11 is 5.75. The Kier molecular flexibility index (Phi) is 5.51. The van der Waals surface area contributed by atoms with E-state index in [2.05, 4.69) is 0 Å². The van der Waals surface area contributed by atoms with E-state index >= 15 is 0 Å². The molecule has 0 unspecified atom stereocenters. The maximum absolute atomic E-state index is 12.4. The Morgan fingerprint density at radius 1 is 1.33 bits per heavy atom. The monoisotopic (exact) mass is 363 g/mol. The lowest BCUT2D eigenvalue weighted by atomic mass is 10.2. The fourth-order valence-electron chi connectivity index (χ4n) is 1.62. The molecule has 1 rings (SSSR count). The van der Waals surface area contributed by atoms with Gasteiger partial charge in [-0.2, -0.15) is 13.2 Å². The van der Waals surface area contributed by atoms with Gasteiger partial charge in [0.1, 0.15) is 6.54 Å². The molecule has 1 amide bonds. The van der Waals surface area contributed by atoms with E-state index < -0.39 is 38.1 Å². The predicted octanol–water partition coefficient (Wildman–Crippen LogP) is 3.29. The topological polar surface area (TPSA) is 54.5 Å². The van der Waals surface area contributed by atoms with Gasteiger partial charge in [0.05, 0.1) is 15.5 Å². The number of rotatable bonds is 4. The minimum absolute atomic E-state index is 0.272. The van der Waals surface area contributed by atoms with Crippen molar-refractivity contribution in [2.75, 3.05) is 13.1 Å². The van der Waals surface area contributed by atoms with E-state index in [4.69, 9.17) is 22.3 Å². The first-order valence-corrected chi connectivity index (χ1v) is 8.25. The lowest BCUT2D eigenvalue weighted by Crippen LogP contribution is -2.39. The fraction of sp³-hybridized carbons (Fsp3) is 0.364. The summed E-state index contributed by atoms with van der Waals surface area (Å²) in [6.45, 7) is -0.462. The van der Waals surface area contributed by atoms with Gasteiger partial charge in [-0.1, -0.05) is 17.7 Å². The van der Waals surface area contributed by atoms with Crippen molar-refractivity contribution in [3.05, 3.63) is 28.8 Å². The van der Waals surface area contributed by atoms with Crippen molar-refractivity contribution in [1.29, 1.82) is 0 Å². The molecule has 0 saturated heterocycles. The Balaban J connectivity index is 3.36. The first-order valence-electron chi connectivity index (χ1n) is 5.56. The zero-order valence-electron chi connectivity index (χ0n) is 10.6. The van der Waals surface area contributed by atoms with E-state index in [1.54, 1.807) is 0 Å². The maximum atomic E-state index is 12.4. The standard InChI is InChI=1S/C11H10Cl2F3NO3S/c1-2-17(6-11(14,15)16)10(18)9-7(12)4-3-5-8(9)21(13,19)20/h3-5H,2,6H2,1H3. The number of carbonyl (C=O) groups excluding carboxylic acids is 1. The first-order chi connectivity index (χ1) is 9.47. The van der Waals surface area contributed by atoms with Crippen LogP contribution in [0.1, 0.15) is 17.3 Å². The van der Waals surface area contributed by atoms with Crippen molar-refractivity contribution in [3.8, 4) is 0 Å². The number of carbonyl (C=O) groups is 1. The Bertz CT molecular complexity index is 647. The molecule has 118 valence electrons. The molecule has 10 heteroatoms. The molecule has 4 nitrogen and oxygen atoms in total. The minimum Gasteiger partial charge on any atom is -0.330 e. The van der Waals surface area contributed by atoms with E-state index in [-0.39, 0.29) is 11.6 Å². The highest BCUT2D eigenvalue weighted by molar-refractivity contribution is 8.13. The van der Waals surface area contributed by atoms with Crippen LogP contribution in [0.2, 0.25) is 5.02 Å². The third-order valence-corrected chi connectivity index (χ3v) is 4.17. The van der Waals surface area contributed by atoms with Crippen molar-refractivity contribution in [3.63, 3.8) is 0 Å². The highest BCUT2D eigenvalue weighted by Gasteiger charge is 2.34. The van der Waals surface area contributed by atoms with Crippen LogP contribution in [0.3, 0.4) is 0 Å². The van der Waals surface area contributed by atoms with Gasteiger partial charge in [0.25, 0.3) is 15.0 Å². The summed E-state index contributed by atoms with van der Waals surface area (Å²) in [4.78, 5) is 12.0. The van der Waals surface area contributed by atoms with Gasteiger partial charge in [-0.15, -0.1) is 0 Å². The maximum Gasteiger partial charge on any atom is 0.406 e. The van der Waals surface area contributed by atoms with Crippen LogP contribution in [-0.4, -0.2) is 38.5 Å². The lowest BCUT2D eigenvalue weighted by Gasteiger charge is -2.23. The quantitative estimate of drug-likeness (QED) is 0.771. The molecule has 0 N–H and O–H groups in total. The van der Waals surface area contributed by atoms with Crippen LogP contribution in [-0.2, 0) is 9.05 Å². The highest BCUT2D eigenvalue weighted by Crippen LogP contribution is 2.29. The lowest BCUT2D eigenvalue weighted by molar-refractivity contribution is -0.140. The smallest absolute Gasteiger partial charge is 0.330 e. The zero-order valence-corrected chi connectivity index (χ0v) is 12.9. The molecule has 1 aromatic carbocycles. The van der Waals surface area contributed by atoms with Crippen molar-refractivity contribution in [2.45, 2.75) is 18.0 Å². The Morgan fingerprint density at radius 3 is 2.33 bits per heavy atom. The zero-order chi connectivity index (χ0) is 16.4. The molecule has 0 aliphatic heterocycles. The molecule has 0 saturated carbocycles. The minimum atomic E-state index is -4.62. The summed E-state index contributed by atoms with van der Waals surface area (Å²) in [6.07, 6.45) is -4.62. The molecule has 0 bridgehead atoms. The molecule has 21 heavy (non-hydrogen) atoms. The molecule has 0 aliphatic rings. The van der Waals surface area contributed by atoms with Crippen molar-refractivity contribution < 1.29 is 26.4 Å². The summed E-state index contributed by atoms with van der Waals surface area (Å²) in [5, 5.41) is -0.289. The van der Waals surface area contributed by atoms with Gasteiger partial charge in [0, 0.05) is 17.2 Å². The SMILES string of the molecule is CCN(CC(F)(F)F)C(=O)c1c(Cl)cccc1S(=O)(=O)Cl. The van der Waals surface area contributed by atoms with Crippen LogP contribution in [0.25, 0.3) is 0 Å². The molecular formula is C11H10Cl2F3NO3S. The van der Waals surface area contributed by atoms with Crippen molar-refractivity contribution >= 4 is 37.2 Å². The van der Waals surface area contributed by atoms with Crippen LogP contribution >= 0.6 is 22.3 Å². The van der Waals surface area contributed by atoms with Crippen LogP contribution < -0.4 is 0 Å². The van der Waals surface area contributed by atoms with Crippen molar-refractivity contribution in [2.24, 2.45) is 0 Å². The van der Waals surface area contributed by atoms with Crippen LogP contribution in [0.4, 0.5) is 13.2 Å². The van der Waals surface area contributed by atoms with Crippen LogP contribution in [0.5, 0.6) is 0 Å². The third kappa shape index (κ3) is 4.76. The number of halogens is 5. The average Bonchev–Trinajstić information content (AvgIpc) is 2.32. The average molecular weight is 364 g/mol. The summed E-state index contributed by atoms with van der Waals surface area (Å²) in [7, 11) is 0.854. The molecule has 0 aromatic heterocycles. The molecule has 0 aliphatic carbocycles. The Hall–Kier alpha value is -0.990. The van der Waals surface area contributed by atoms with Crippen LogP contribution in [0.15, 0.2) is 23.1 Å². The second-order valence-corrected chi connectivity index (χ2v) is 6.93. The number of hydrogen-bond donors (Lipinski definition) is 0. The second kappa shape index (κ2) is 6.41. The van der Waals surface area contributed by atoms with Gasteiger partial charge in [0.2, 0.25) is 0 Å². The number of hydrogen-bond acceptors (Lipinski definition) is 3.